The molecule has 1 saturated heterocycles. The van der Waals surface area contributed by atoms with Gasteiger partial charge in [-0.1, -0.05) is 6.42 Å². The van der Waals surface area contributed by atoms with Crippen molar-refractivity contribution in [3.63, 3.8) is 0 Å². The highest BCUT2D eigenvalue weighted by molar-refractivity contribution is 6.35. The van der Waals surface area contributed by atoms with Crippen LogP contribution < -0.4 is 10.6 Å². The van der Waals surface area contributed by atoms with Crippen molar-refractivity contribution in [1.29, 1.82) is 0 Å². The highest BCUT2D eigenvalue weighted by Crippen LogP contribution is 2.37. The standard InChI is InChI=1S/C15H26N2O4/c1-14(2,3)17-13(19)12(18)16-9-11-10-20-15(21-11)7-5-4-6-8-15/h11H,4-10H2,1-3H3,(H,16,18)(H,17,19)/t11-/m0/s1. The van der Waals surface area contributed by atoms with E-state index in [1.807, 2.05) is 20.8 Å². The lowest BCUT2D eigenvalue weighted by Gasteiger charge is -2.31. The van der Waals surface area contributed by atoms with Crippen molar-refractivity contribution in [2.45, 2.75) is 70.3 Å². The van der Waals surface area contributed by atoms with Gasteiger partial charge in [-0.05, 0) is 33.6 Å². The SMILES string of the molecule is CC(C)(C)NC(=O)C(=O)NC[C@H]1COC2(CCCCC2)O1. The molecule has 1 spiro atoms. The Morgan fingerprint density at radius 1 is 1.14 bits per heavy atom. The molecule has 1 aliphatic heterocycles. The molecule has 0 aromatic heterocycles. The fourth-order valence-electron chi connectivity index (χ4n) is 2.75. The lowest BCUT2D eigenvalue weighted by atomic mass is 9.94. The molecule has 1 heterocycles. The maximum atomic E-state index is 11.7. The number of ether oxygens (including phenoxy) is 2. The van der Waals surface area contributed by atoms with Gasteiger partial charge in [-0.2, -0.15) is 0 Å². The van der Waals surface area contributed by atoms with Crippen molar-refractivity contribution in [2.75, 3.05) is 13.2 Å². The summed E-state index contributed by atoms with van der Waals surface area (Å²) in [5.74, 6) is -1.69. The summed E-state index contributed by atoms with van der Waals surface area (Å²) in [6.45, 7) is 6.27. The van der Waals surface area contributed by atoms with Crippen LogP contribution in [0.4, 0.5) is 0 Å². The third-order valence-electron chi connectivity index (χ3n) is 3.71. The van der Waals surface area contributed by atoms with Gasteiger partial charge < -0.3 is 20.1 Å². The molecule has 2 aliphatic rings. The van der Waals surface area contributed by atoms with Crippen LogP contribution in [-0.4, -0.2) is 42.4 Å². The van der Waals surface area contributed by atoms with Crippen molar-refractivity contribution in [3.8, 4) is 0 Å². The van der Waals surface area contributed by atoms with E-state index in [-0.39, 0.29) is 6.10 Å². The second kappa shape index (κ2) is 6.32. The summed E-state index contributed by atoms with van der Waals surface area (Å²) in [6, 6.07) is 0. The zero-order valence-corrected chi connectivity index (χ0v) is 13.2. The molecular formula is C15H26N2O4. The first-order valence-electron chi connectivity index (χ1n) is 7.72. The second-order valence-electron chi connectivity index (χ2n) is 6.94. The van der Waals surface area contributed by atoms with Gasteiger partial charge in [0, 0.05) is 24.9 Å². The van der Waals surface area contributed by atoms with E-state index < -0.39 is 23.1 Å². The lowest BCUT2D eigenvalue weighted by Crippen LogP contribution is -2.49. The van der Waals surface area contributed by atoms with Gasteiger partial charge in [-0.25, -0.2) is 0 Å². The molecule has 0 unspecified atom stereocenters. The highest BCUT2D eigenvalue weighted by atomic mass is 16.7. The van der Waals surface area contributed by atoms with E-state index in [1.165, 1.54) is 6.42 Å². The molecule has 6 heteroatoms. The van der Waals surface area contributed by atoms with Crippen molar-refractivity contribution in [1.82, 2.24) is 10.6 Å². The molecular weight excluding hydrogens is 272 g/mol. The van der Waals surface area contributed by atoms with Crippen LogP contribution in [0.15, 0.2) is 0 Å². The fraction of sp³-hybridized carbons (Fsp3) is 0.867. The largest absolute Gasteiger partial charge is 0.347 e. The Kier molecular flexibility index (Phi) is 4.88. The quantitative estimate of drug-likeness (QED) is 0.748. The summed E-state index contributed by atoms with van der Waals surface area (Å²) in [4.78, 5) is 23.4. The van der Waals surface area contributed by atoms with Gasteiger partial charge >= 0.3 is 11.8 Å². The minimum Gasteiger partial charge on any atom is -0.347 e. The number of hydrogen-bond donors (Lipinski definition) is 2. The van der Waals surface area contributed by atoms with E-state index in [1.54, 1.807) is 0 Å². The summed E-state index contributed by atoms with van der Waals surface area (Å²) < 4.78 is 11.7. The van der Waals surface area contributed by atoms with Gasteiger partial charge in [0.25, 0.3) is 0 Å². The van der Waals surface area contributed by atoms with Crippen molar-refractivity contribution in [3.05, 3.63) is 0 Å². The summed E-state index contributed by atoms with van der Waals surface area (Å²) in [5, 5.41) is 5.24. The Bertz CT molecular complexity index is 397. The van der Waals surface area contributed by atoms with Crippen LogP contribution in [0.1, 0.15) is 52.9 Å². The smallest absolute Gasteiger partial charge is 0.309 e. The van der Waals surface area contributed by atoms with E-state index in [0.29, 0.717) is 13.2 Å². The van der Waals surface area contributed by atoms with Crippen molar-refractivity contribution >= 4 is 11.8 Å². The molecule has 0 bridgehead atoms. The number of nitrogens with one attached hydrogen (secondary N) is 2. The second-order valence-corrected chi connectivity index (χ2v) is 6.94. The molecule has 0 aromatic carbocycles. The molecule has 1 atom stereocenters. The molecule has 2 rings (SSSR count). The molecule has 0 radical (unpaired) electrons. The Morgan fingerprint density at radius 3 is 2.43 bits per heavy atom. The number of carbonyl (C=O) groups excluding carboxylic acids is 2. The third-order valence-corrected chi connectivity index (χ3v) is 3.71. The lowest BCUT2D eigenvalue weighted by molar-refractivity contribution is -0.186. The zero-order valence-electron chi connectivity index (χ0n) is 13.2. The van der Waals surface area contributed by atoms with E-state index in [2.05, 4.69) is 10.6 Å². The average Bonchev–Trinajstić information content (AvgIpc) is 2.78. The van der Waals surface area contributed by atoms with Gasteiger partial charge in [0.2, 0.25) is 0 Å². The maximum absolute atomic E-state index is 11.7. The van der Waals surface area contributed by atoms with Crippen LogP contribution in [-0.2, 0) is 19.1 Å². The predicted molar refractivity (Wildman–Crippen MR) is 77.5 cm³/mol. The molecule has 2 fully saturated rings. The van der Waals surface area contributed by atoms with Gasteiger partial charge in [0.05, 0.1) is 6.61 Å². The number of amides is 2. The molecule has 2 amide bonds. The Hall–Kier alpha value is -1.14. The number of hydrogen-bond acceptors (Lipinski definition) is 4. The Labute approximate surface area is 125 Å². The van der Waals surface area contributed by atoms with Crippen molar-refractivity contribution < 1.29 is 19.1 Å². The van der Waals surface area contributed by atoms with Crippen LogP contribution in [0.5, 0.6) is 0 Å². The van der Waals surface area contributed by atoms with Crippen LogP contribution in [0.2, 0.25) is 0 Å². The first-order valence-corrected chi connectivity index (χ1v) is 7.72. The molecule has 120 valence electrons. The van der Waals surface area contributed by atoms with E-state index in [0.717, 1.165) is 25.7 Å². The zero-order chi connectivity index (χ0) is 15.5. The summed E-state index contributed by atoms with van der Waals surface area (Å²) >= 11 is 0. The summed E-state index contributed by atoms with van der Waals surface area (Å²) in [5.41, 5.74) is -0.423. The minimum absolute atomic E-state index is 0.172. The van der Waals surface area contributed by atoms with Gasteiger partial charge in [-0.15, -0.1) is 0 Å². The third kappa shape index (κ3) is 4.68. The van der Waals surface area contributed by atoms with Crippen LogP contribution in [0.3, 0.4) is 0 Å². The monoisotopic (exact) mass is 298 g/mol. The first kappa shape index (κ1) is 16.2. The topological polar surface area (TPSA) is 76.7 Å². The summed E-state index contributed by atoms with van der Waals surface area (Å²) in [6.07, 6.45) is 5.13. The fourth-order valence-corrected chi connectivity index (χ4v) is 2.75. The minimum atomic E-state index is -0.627. The first-order chi connectivity index (χ1) is 9.80. The van der Waals surface area contributed by atoms with E-state index in [4.69, 9.17) is 9.47 Å². The van der Waals surface area contributed by atoms with Crippen LogP contribution in [0, 0.1) is 0 Å². The Morgan fingerprint density at radius 2 is 1.81 bits per heavy atom. The predicted octanol–water partition coefficient (Wildman–Crippen LogP) is 1.09. The molecule has 21 heavy (non-hydrogen) atoms. The number of carbonyl (C=O) groups is 2. The molecule has 1 saturated carbocycles. The summed E-state index contributed by atoms with van der Waals surface area (Å²) in [7, 11) is 0. The van der Waals surface area contributed by atoms with E-state index in [9.17, 15) is 9.59 Å². The molecule has 1 aliphatic carbocycles. The van der Waals surface area contributed by atoms with Gasteiger partial charge in [0.15, 0.2) is 5.79 Å². The molecule has 6 nitrogen and oxygen atoms in total. The Balaban J connectivity index is 1.74. The van der Waals surface area contributed by atoms with Crippen molar-refractivity contribution in [2.24, 2.45) is 0 Å². The average molecular weight is 298 g/mol. The highest BCUT2D eigenvalue weighted by Gasteiger charge is 2.42. The number of rotatable bonds is 2. The van der Waals surface area contributed by atoms with Gasteiger partial charge in [-0.3, -0.25) is 9.59 Å². The van der Waals surface area contributed by atoms with Gasteiger partial charge in [0.1, 0.15) is 6.10 Å². The molecule has 2 N–H and O–H groups in total. The maximum Gasteiger partial charge on any atom is 0.309 e. The molecule has 0 aromatic rings. The van der Waals surface area contributed by atoms with E-state index >= 15 is 0 Å². The van der Waals surface area contributed by atoms with Crippen LogP contribution in [0.25, 0.3) is 0 Å². The van der Waals surface area contributed by atoms with Crippen LogP contribution >= 0.6 is 0 Å². The normalized spacial score (nSPS) is 24.8.